The Labute approximate surface area is 111 Å². The smallest absolute Gasteiger partial charge is 0.157 e. The summed E-state index contributed by atoms with van der Waals surface area (Å²) in [6.45, 7) is 2.73. The van der Waals surface area contributed by atoms with Crippen molar-refractivity contribution in [3.05, 3.63) is 36.3 Å². The number of pyridine rings is 1. The molecule has 0 aliphatic carbocycles. The molecule has 0 radical (unpaired) electrons. The number of hydrogen-bond donors (Lipinski definition) is 1. The highest BCUT2D eigenvalue weighted by Gasteiger charge is 2.05. The lowest BCUT2D eigenvalue weighted by molar-refractivity contribution is 0.317. The van der Waals surface area contributed by atoms with E-state index in [-0.39, 0.29) is 4.99 Å². The molecule has 2 aromatic rings. The summed E-state index contributed by atoms with van der Waals surface area (Å²) in [5, 5.41) is 4.18. The number of nitrogens with zero attached hydrogens (tertiary/aromatic N) is 3. The van der Waals surface area contributed by atoms with E-state index in [1.807, 2.05) is 12.1 Å². The Bertz CT molecular complexity index is 553. The number of aromatic nitrogens is 3. The maximum Gasteiger partial charge on any atom is 0.157 e. The summed E-state index contributed by atoms with van der Waals surface area (Å²) in [6.07, 6.45) is 4.40. The van der Waals surface area contributed by atoms with Crippen molar-refractivity contribution >= 4 is 17.2 Å². The molecule has 94 valence electrons. The van der Waals surface area contributed by atoms with Crippen LogP contribution in [-0.4, -0.2) is 26.4 Å². The van der Waals surface area contributed by atoms with Crippen LogP contribution in [0.3, 0.4) is 0 Å². The molecule has 5 nitrogen and oxygen atoms in total. The Kier molecular flexibility index (Phi) is 3.88. The van der Waals surface area contributed by atoms with Crippen molar-refractivity contribution in [2.75, 3.05) is 6.61 Å². The predicted octanol–water partition coefficient (Wildman–Crippen LogP) is 1.69. The van der Waals surface area contributed by atoms with Crippen LogP contribution >= 0.6 is 12.2 Å². The zero-order valence-corrected chi connectivity index (χ0v) is 10.9. The van der Waals surface area contributed by atoms with E-state index in [9.17, 15) is 0 Å². The summed E-state index contributed by atoms with van der Waals surface area (Å²) < 4.78 is 7.11. The highest BCUT2D eigenvalue weighted by Crippen LogP contribution is 2.12. The molecule has 0 unspecified atom stereocenters. The first kappa shape index (κ1) is 12.5. The Morgan fingerprint density at radius 3 is 3.06 bits per heavy atom. The molecule has 0 atom stereocenters. The Morgan fingerprint density at radius 1 is 1.50 bits per heavy atom. The van der Waals surface area contributed by atoms with Crippen LogP contribution in [0.1, 0.15) is 19.0 Å². The molecule has 2 aromatic heterocycles. The van der Waals surface area contributed by atoms with Gasteiger partial charge in [-0.05, 0) is 18.6 Å². The monoisotopic (exact) mass is 262 g/mol. The second kappa shape index (κ2) is 5.59. The van der Waals surface area contributed by atoms with Crippen molar-refractivity contribution in [3.63, 3.8) is 0 Å². The highest BCUT2D eigenvalue weighted by molar-refractivity contribution is 7.80. The van der Waals surface area contributed by atoms with Crippen LogP contribution in [0.5, 0.6) is 5.75 Å². The molecule has 2 heterocycles. The molecule has 0 spiro atoms. The second-order valence-electron chi connectivity index (χ2n) is 3.71. The van der Waals surface area contributed by atoms with Crippen molar-refractivity contribution in [2.45, 2.75) is 13.3 Å². The maximum atomic E-state index is 5.55. The van der Waals surface area contributed by atoms with Crippen LogP contribution in [0.4, 0.5) is 0 Å². The van der Waals surface area contributed by atoms with Crippen LogP contribution in [0.2, 0.25) is 0 Å². The van der Waals surface area contributed by atoms with Crippen LogP contribution in [-0.2, 0) is 0 Å². The summed E-state index contributed by atoms with van der Waals surface area (Å²) in [4.78, 5) is 4.58. The Morgan fingerprint density at radius 2 is 2.33 bits per heavy atom. The minimum atomic E-state index is 0.270. The first-order valence-corrected chi connectivity index (χ1v) is 6.06. The predicted molar refractivity (Wildman–Crippen MR) is 73.0 cm³/mol. The quantitative estimate of drug-likeness (QED) is 0.831. The fourth-order valence-electron chi connectivity index (χ4n) is 1.41. The molecule has 0 fully saturated rings. The number of ether oxygens (including phenoxy) is 1. The number of hydrogen-bond acceptors (Lipinski definition) is 4. The zero-order valence-electron chi connectivity index (χ0n) is 10.0. The molecule has 2 rings (SSSR count). The lowest BCUT2D eigenvalue weighted by atomic mass is 10.3. The third-order valence-electron chi connectivity index (χ3n) is 2.25. The SMILES string of the molecule is CCCOc1cnn(-c2cccc(C(N)=S)n2)c1. The van der Waals surface area contributed by atoms with Crippen LogP contribution < -0.4 is 10.5 Å². The van der Waals surface area contributed by atoms with Gasteiger partial charge in [-0.2, -0.15) is 5.10 Å². The highest BCUT2D eigenvalue weighted by atomic mass is 32.1. The van der Waals surface area contributed by atoms with Crippen molar-refractivity contribution in [1.29, 1.82) is 0 Å². The van der Waals surface area contributed by atoms with E-state index in [0.29, 0.717) is 18.1 Å². The fraction of sp³-hybridized carbons (Fsp3) is 0.250. The maximum absolute atomic E-state index is 5.55. The molecule has 6 heteroatoms. The zero-order chi connectivity index (χ0) is 13.0. The molecule has 0 amide bonds. The first-order chi connectivity index (χ1) is 8.70. The van der Waals surface area contributed by atoms with E-state index in [4.69, 9.17) is 22.7 Å². The van der Waals surface area contributed by atoms with Gasteiger partial charge in [0.05, 0.1) is 24.7 Å². The minimum absolute atomic E-state index is 0.270. The first-order valence-electron chi connectivity index (χ1n) is 5.65. The number of rotatable bonds is 5. The second-order valence-corrected chi connectivity index (χ2v) is 4.15. The topological polar surface area (TPSA) is 66.0 Å². The van der Waals surface area contributed by atoms with Gasteiger partial charge in [0.15, 0.2) is 11.6 Å². The third kappa shape index (κ3) is 2.84. The minimum Gasteiger partial charge on any atom is -0.490 e. The summed E-state index contributed by atoms with van der Waals surface area (Å²) in [5.74, 6) is 1.38. The average molecular weight is 262 g/mol. The van der Waals surface area contributed by atoms with Gasteiger partial charge >= 0.3 is 0 Å². The largest absolute Gasteiger partial charge is 0.490 e. The van der Waals surface area contributed by atoms with E-state index < -0.39 is 0 Å². The van der Waals surface area contributed by atoms with E-state index in [2.05, 4.69) is 17.0 Å². The van der Waals surface area contributed by atoms with Crippen LogP contribution in [0, 0.1) is 0 Å². The van der Waals surface area contributed by atoms with E-state index in [0.717, 1.165) is 12.2 Å². The normalized spacial score (nSPS) is 10.3. The van der Waals surface area contributed by atoms with Gasteiger partial charge in [-0.1, -0.05) is 25.2 Å². The summed E-state index contributed by atoms with van der Waals surface area (Å²) in [7, 11) is 0. The van der Waals surface area contributed by atoms with Crippen LogP contribution in [0.25, 0.3) is 5.82 Å². The number of nitrogens with two attached hydrogens (primary N) is 1. The number of thiocarbonyl (C=S) groups is 1. The van der Waals surface area contributed by atoms with Crippen molar-refractivity contribution in [1.82, 2.24) is 14.8 Å². The van der Waals surface area contributed by atoms with E-state index >= 15 is 0 Å². The molecule has 0 bridgehead atoms. The molecule has 0 aliphatic rings. The molecular formula is C12H14N4OS. The summed E-state index contributed by atoms with van der Waals surface area (Å²) in [5.41, 5.74) is 6.12. The molecule has 0 aliphatic heterocycles. The standard InChI is InChI=1S/C12H14N4OS/c1-2-6-17-9-7-14-16(8-9)11-5-3-4-10(15-11)12(13)18/h3-5,7-8H,2,6H2,1H3,(H2,13,18). The molecule has 0 saturated carbocycles. The van der Waals surface area contributed by atoms with Gasteiger partial charge in [0.2, 0.25) is 0 Å². The molecular weight excluding hydrogens is 248 g/mol. The fourth-order valence-corrected chi connectivity index (χ4v) is 1.53. The molecule has 18 heavy (non-hydrogen) atoms. The van der Waals surface area contributed by atoms with Crippen molar-refractivity contribution in [3.8, 4) is 11.6 Å². The van der Waals surface area contributed by atoms with Gasteiger partial charge < -0.3 is 10.5 Å². The average Bonchev–Trinajstić information content (AvgIpc) is 2.85. The van der Waals surface area contributed by atoms with E-state index in [1.54, 1.807) is 23.1 Å². The third-order valence-corrected chi connectivity index (χ3v) is 2.46. The molecule has 0 saturated heterocycles. The van der Waals surface area contributed by atoms with E-state index in [1.165, 1.54) is 0 Å². The van der Waals surface area contributed by atoms with Gasteiger partial charge in [-0.25, -0.2) is 9.67 Å². The summed E-state index contributed by atoms with van der Waals surface area (Å²) in [6, 6.07) is 5.44. The van der Waals surface area contributed by atoms with Gasteiger partial charge in [0, 0.05) is 0 Å². The van der Waals surface area contributed by atoms with Gasteiger partial charge in [-0.15, -0.1) is 0 Å². The Hall–Kier alpha value is -1.95. The molecule has 2 N–H and O–H groups in total. The van der Waals surface area contributed by atoms with Crippen LogP contribution in [0.15, 0.2) is 30.6 Å². The van der Waals surface area contributed by atoms with Gasteiger partial charge in [-0.3, -0.25) is 0 Å². The van der Waals surface area contributed by atoms with Gasteiger partial charge in [0.25, 0.3) is 0 Å². The van der Waals surface area contributed by atoms with Crippen molar-refractivity contribution in [2.24, 2.45) is 5.73 Å². The lowest BCUT2D eigenvalue weighted by Crippen LogP contribution is -2.12. The van der Waals surface area contributed by atoms with Gasteiger partial charge in [0.1, 0.15) is 4.99 Å². The van der Waals surface area contributed by atoms with Crippen molar-refractivity contribution < 1.29 is 4.74 Å². The lowest BCUT2D eigenvalue weighted by Gasteiger charge is -2.02. The molecule has 0 aromatic carbocycles. The summed E-state index contributed by atoms with van der Waals surface area (Å²) >= 11 is 4.90. The Balaban J connectivity index is 2.23.